The zero-order valence-electron chi connectivity index (χ0n) is 21.9. The van der Waals surface area contributed by atoms with Crippen molar-refractivity contribution in [3.8, 4) is 0 Å². The van der Waals surface area contributed by atoms with Gasteiger partial charge in [0.15, 0.2) is 0 Å². The molecule has 1 saturated heterocycles. The molecule has 2 heterocycles. The minimum absolute atomic E-state index is 0.157. The number of Topliss-reactive ketones (excluding diaryl/α,β-unsaturated/α-hetero) is 1. The summed E-state index contributed by atoms with van der Waals surface area (Å²) >= 11 is 0. The molecule has 3 aromatic rings. The lowest BCUT2D eigenvalue weighted by Gasteiger charge is -2.32. The third kappa shape index (κ3) is 6.61. The number of benzene rings is 2. The molecule has 1 fully saturated rings. The number of aromatic nitrogens is 2. The number of rotatable bonds is 9. The summed E-state index contributed by atoms with van der Waals surface area (Å²) in [5.41, 5.74) is 2.32. The number of carbonyl (C=O) groups excluding carboxylic acids is 5. The number of nitrogens with one attached hydrogen (secondary N) is 1. The molecule has 0 aliphatic carbocycles. The van der Waals surface area contributed by atoms with Crippen LogP contribution >= 0.6 is 0 Å². The van der Waals surface area contributed by atoms with Crippen LogP contribution in [-0.2, 0) is 20.8 Å². The summed E-state index contributed by atoms with van der Waals surface area (Å²) in [6.45, 7) is 4.12. The number of aryl methyl sites for hydroxylation is 1. The number of carbonyl (C=O) groups is 5. The standard InChI is InChI=1S/C28H29N5O6/c1-17(2)25(26(37)27-30-22(39-31-27)13-19-9-7-8-18(3)12-19)29-21(34)14-32-15-24(36)33(16-23(32)35)28(38)20-10-5-4-6-11-20/h4-12,17,25H,13-16H2,1-3H3,(H,29,34). The number of nitrogens with zero attached hydrogens (tertiary/aromatic N) is 4. The highest BCUT2D eigenvalue weighted by molar-refractivity contribution is 6.10. The van der Waals surface area contributed by atoms with Gasteiger partial charge in [-0.25, -0.2) is 0 Å². The normalized spacial score (nSPS) is 14.5. The Hall–Kier alpha value is -4.67. The quantitative estimate of drug-likeness (QED) is 0.325. The highest BCUT2D eigenvalue weighted by Crippen LogP contribution is 2.14. The maximum absolute atomic E-state index is 13.1. The maximum Gasteiger partial charge on any atom is 0.260 e. The Morgan fingerprint density at radius 1 is 1.00 bits per heavy atom. The highest BCUT2D eigenvalue weighted by Gasteiger charge is 2.36. The van der Waals surface area contributed by atoms with Crippen molar-refractivity contribution < 1.29 is 28.5 Å². The fourth-order valence-electron chi connectivity index (χ4n) is 4.22. The monoisotopic (exact) mass is 531 g/mol. The Balaban J connectivity index is 1.36. The third-order valence-corrected chi connectivity index (χ3v) is 6.27. The van der Waals surface area contributed by atoms with Gasteiger partial charge in [0.1, 0.15) is 19.6 Å². The van der Waals surface area contributed by atoms with Crippen LogP contribution in [0.4, 0.5) is 0 Å². The largest absolute Gasteiger partial charge is 0.344 e. The van der Waals surface area contributed by atoms with E-state index in [-0.39, 0.29) is 23.2 Å². The van der Waals surface area contributed by atoms with Crippen molar-refractivity contribution >= 4 is 29.4 Å². The van der Waals surface area contributed by atoms with Crippen molar-refractivity contribution in [2.45, 2.75) is 33.2 Å². The molecule has 0 bridgehead atoms. The van der Waals surface area contributed by atoms with E-state index in [0.29, 0.717) is 6.42 Å². The lowest BCUT2D eigenvalue weighted by atomic mass is 9.99. The minimum Gasteiger partial charge on any atom is -0.344 e. The Labute approximate surface area is 225 Å². The molecule has 11 nitrogen and oxygen atoms in total. The first-order valence-electron chi connectivity index (χ1n) is 12.5. The van der Waals surface area contributed by atoms with Gasteiger partial charge in [-0.1, -0.05) is 67.0 Å². The predicted octanol–water partition coefficient (Wildman–Crippen LogP) is 1.80. The van der Waals surface area contributed by atoms with Gasteiger partial charge in [-0.15, -0.1) is 0 Å². The van der Waals surface area contributed by atoms with E-state index in [1.165, 1.54) is 0 Å². The molecule has 4 rings (SSSR count). The second-order valence-corrected chi connectivity index (χ2v) is 9.73. The minimum atomic E-state index is -0.978. The van der Waals surface area contributed by atoms with Crippen LogP contribution in [-0.4, -0.2) is 75.0 Å². The van der Waals surface area contributed by atoms with E-state index in [1.54, 1.807) is 44.2 Å². The van der Waals surface area contributed by atoms with Gasteiger partial charge in [-0.3, -0.25) is 28.9 Å². The lowest BCUT2D eigenvalue weighted by molar-refractivity contribution is -0.149. The summed E-state index contributed by atoms with van der Waals surface area (Å²) in [5.74, 6) is -3.10. The van der Waals surface area contributed by atoms with Crippen LogP contribution in [0.5, 0.6) is 0 Å². The van der Waals surface area contributed by atoms with Crippen LogP contribution in [0, 0.1) is 12.8 Å². The van der Waals surface area contributed by atoms with Crippen molar-refractivity contribution in [1.82, 2.24) is 25.3 Å². The van der Waals surface area contributed by atoms with Crippen LogP contribution in [0.3, 0.4) is 0 Å². The van der Waals surface area contributed by atoms with Gasteiger partial charge in [0.25, 0.3) is 5.91 Å². The summed E-state index contributed by atoms with van der Waals surface area (Å²) in [4.78, 5) is 70.0. The molecule has 0 radical (unpaired) electrons. The first kappa shape index (κ1) is 27.4. The molecule has 1 unspecified atom stereocenters. The second-order valence-electron chi connectivity index (χ2n) is 9.73. The summed E-state index contributed by atoms with van der Waals surface area (Å²) in [6, 6.07) is 15.0. The van der Waals surface area contributed by atoms with Crippen molar-refractivity contribution in [3.05, 3.63) is 83.0 Å². The maximum atomic E-state index is 13.1. The summed E-state index contributed by atoms with van der Waals surface area (Å²) in [6.07, 6.45) is 0.357. The molecule has 0 saturated carbocycles. The third-order valence-electron chi connectivity index (χ3n) is 6.27. The van der Waals surface area contributed by atoms with Gasteiger partial charge >= 0.3 is 0 Å². The topological polar surface area (TPSA) is 143 Å². The van der Waals surface area contributed by atoms with Gasteiger partial charge in [0.2, 0.25) is 35.2 Å². The van der Waals surface area contributed by atoms with E-state index in [4.69, 9.17) is 4.52 Å². The van der Waals surface area contributed by atoms with Crippen LogP contribution < -0.4 is 5.32 Å². The predicted molar refractivity (Wildman–Crippen MR) is 138 cm³/mol. The van der Waals surface area contributed by atoms with E-state index >= 15 is 0 Å². The molecule has 39 heavy (non-hydrogen) atoms. The molecule has 1 aromatic heterocycles. The number of amides is 4. The number of ketones is 1. The molecule has 4 amide bonds. The number of hydrogen-bond acceptors (Lipinski definition) is 8. The van der Waals surface area contributed by atoms with Gasteiger partial charge in [0, 0.05) is 5.56 Å². The SMILES string of the molecule is Cc1cccc(Cc2nc(C(=O)C(NC(=O)CN3CC(=O)N(C(=O)c4ccccc4)CC3=O)C(C)C)no2)c1. The smallest absolute Gasteiger partial charge is 0.260 e. The molecule has 1 N–H and O–H groups in total. The molecule has 1 atom stereocenters. The lowest BCUT2D eigenvalue weighted by Crippen LogP contribution is -2.58. The van der Waals surface area contributed by atoms with E-state index < -0.39 is 55.1 Å². The molecule has 0 spiro atoms. The van der Waals surface area contributed by atoms with Gasteiger partial charge < -0.3 is 14.7 Å². The zero-order chi connectivity index (χ0) is 28.1. The summed E-state index contributed by atoms with van der Waals surface area (Å²) in [7, 11) is 0. The Bertz CT molecular complexity index is 1400. The average molecular weight is 532 g/mol. The van der Waals surface area contributed by atoms with E-state index in [9.17, 15) is 24.0 Å². The first-order valence-corrected chi connectivity index (χ1v) is 12.5. The Morgan fingerprint density at radius 2 is 1.74 bits per heavy atom. The van der Waals surface area contributed by atoms with Crippen LogP contribution in [0.25, 0.3) is 0 Å². The molecular weight excluding hydrogens is 502 g/mol. The highest BCUT2D eigenvalue weighted by atomic mass is 16.5. The van der Waals surface area contributed by atoms with E-state index in [2.05, 4.69) is 15.5 Å². The van der Waals surface area contributed by atoms with Crippen molar-refractivity contribution in [2.24, 2.45) is 5.92 Å². The molecule has 1 aliphatic rings. The Kier molecular flexibility index (Phi) is 8.28. The van der Waals surface area contributed by atoms with Crippen molar-refractivity contribution in [2.75, 3.05) is 19.6 Å². The van der Waals surface area contributed by atoms with E-state index in [0.717, 1.165) is 20.9 Å². The van der Waals surface area contributed by atoms with Gasteiger partial charge in [0.05, 0.1) is 12.5 Å². The van der Waals surface area contributed by atoms with Crippen molar-refractivity contribution in [1.29, 1.82) is 0 Å². The zero-order valence-corrected chi connectivity index (χ0v) is 21.9. The number of hydrogen-bond donors (Lipinski definition) is 1. The molecule has 2 aromatic carbocycles. The molecule has 11 heteroatoms. The van der Waals surface area contributed by atoms with E-state index in [1.807, 2.05) is 31.2 Å². The van der Waals surface area contributed by atoms with Crippen LogP contribution in [0.2, 0.25) is 0 Å². The summed E-state index contributed by atoms with van der Waals surface area (Å²) in [5, 5.41) is 6.43. The number of imide groups is 1. The van der Waals surface area contributed by atoms with Crippen LogP contribution in [0.1, 0.15) is 51.8 Å². The van der Waals surface area contributed by atoms with Gasteiger partial charge in [-0.05, 0) is 30.5 Å². The second kappa shape index (κ2) is 11.8. The van der Waals surface area contributed by atoms with Crippen LogP contribution in [0.15, 0.2) is 59.1 Å². The van der Waals surface area contributed by atoms with Crippen molar-refractivity contribution in [3.63, 3.8) is 0 Å². The fourth-order valence-corrected chi connectivity index (χ4v) is 4.22. The summed E-state index contributed by atoms with van der Waals surface area (Å²) < 4.78 is 5.26. The fraction of sp³-hybridized carbons (Fsp3) is 0.321. The average Bonchev–Trinajstić information content (AvgIpc) is 3.37. The number of piperazine rings is 1. The first-order chi connectivity index (χ1) is 18.6. The molecule has 202 valence electrons. The Morgan fingerprint density at radius 3 is 2.44 bits per heavy atom. The van der Waals surface area contributed by atoms with Gasteiger partial charge in [-0.2, -0.15) is 4.98 Å². The molecular formula is C28H29N5O6. The molecule has 1 aliphatic heterocycles.